The molecule has 0 saturated carbocycles. The number of carbonyl (C=O) groups is 2. The first-order valence-electron chi connectivity index (χ1n) is 4.12. The smallest absolute Gasteiger partial charge is 0.342 e. The standard InChI is InChI=1S/C10H10O5/c1-5-8(10(14)15-2)7(12)3-6(4-11)9(5)13/h3-4,12-13H,1-2H3. The minimum Gasteiger partial charge on any atom is -0.507 e. The molecule has 80 valence electrons. The summed E-state index contributed by atoms with van der Waals surface area (Å²) in [6.45, 7) is 1.41. The summed E-state index contributed by atoms with van der Waals surface area (Å²) >= 11 is 0. The molecular weight excluding hydrogens is 200 g/mol. The number of methoxy groups -OCH3 is 1. The van der Waals surface area contributed by atoms with Gasteiger partial charge < -0.3 is 14.9 Å². The van der Waals surface area contributed by atoms with Gasteiger partial charge in [-0.3, -0.25) is 4.79 Å². The maximum atomic E-state index is 11.2. The first-order valence-corrected chi connectivity index (χ1v) is 4.12. The van der Waals surface area contributed by atoms with Crippen molar-refractivity contribution in [1.82, 2.24) is 0 Å². The minimum absolute atomic E-state index is 0.0716. The van der Waals surface area contributed by atoms with Crippen molar-refractivity contribution in [3.63, 3.8) is 0 Å². The molecule has 1 aromatic carbocycles. The number of carbonyl (C=O) groups excluding carboxylic acids is 2. The summed E-state index contributed by atoms with van der Waals surface area (Å²) in [5.41, 5.74) is -0.0952. The normalized spacial score (nSPS) is 9.73. The molecule has 0 amide bonds. The Bertz CT molecular complexity index is 422. The van der Waals surface area contributed by atoms with E-state index >= 15 is 0 Å². The Hall–Kier alpha value is -2.04. The van der Waals surface area contributed by atoms with Crippen LogP contribution >= 0.6 is 0 Å². The lowest BCUT2D eigenvalue weighted by atomic mass is 10.0. The number of benzene rings is 1. The topological polar surface area (TPSA) is 83.8 Å². The van der Waals surface area contributed by atoms with Crippen LogP contribution < -0.4 is 0 Å². The maximum absolute atomic E-state index is 11.2. The molecule has 5 heteroatoms. The summed E-state index contributed by atoms with van der Waals surface area (Å²) in [7, 11) is 1.16. The summed E-state index contributed by atoms with van der Waals surface area (Å²) in [5, 5.41) is 19.0. The lowest BCUT2D eigenvalue weighted by Gasteiger charge is -2.09. The Morgan fingerprint density at radius 3 is 2.53 bits per heavy atom. The van der Waals surface area contributed by atoms with Crippen LogP contribution in [0.1, 0.15) is 26.3 Å². The highest BCUT2D eigenvalue weighted by Gasteiger charge is 2.20. The van der Waals surface area contributed by atoms with Gasteiger partial charge in [0, 0.05) is 5.56 Å². The molecule has 0 saturated heterocycles. The highest BCUT2D eigenvalue weighted by molar-refractivity contribution is 5.97. The quantitative estimate of drug-likeness (QED) is 0.432. The molecule has 0 aliphatic carbocycles. The van der Waals surface area contributed by atoms with Gasteiger partial charge in [0.25, 0.3) is 0 Å². The second-order valence-electron chi connectivity index (χ2n) is 2.94. The van der Waals surface area contributed by atoms with Crippen molar-refractivity contribution in [2.24, 2.45) is 0 Å². The molecule has 0 fully saturated rings. The Balaban J connectivity index is 3.49. The van der Waals surface area contributed by atoms with Crippen LogP contribution in [0.3, 0.4) is 0 Å². The highest BCUT2D eigenvalue weighted by atomic mass is 16.5. The van der Waals surface area contributed by atoms with Gasteiger partial charge in [0.15, 0.2) is 6.29 Å². The Labute approximate surface area is 85.9 Å². The number of rotatable bonds is 2. The molecule has 2 N–H and O–H groups in total. The third-order valence-electron chi connectivity index (χ3n) is 2.07. The summed E-state index contributed by atoms with van der Waals surface area (Å²) < 4.78 is 4.43. The summed E-state index contributed by atoms with van der Waals surface area (Å²) in [4.78, 5) is 21.7. The van der Waals surface area contributed by atoms with E-state index in [1.807, 2.05) is 0 Å². The van der Waals surface area contributed by atoms with E-state index in [4.69, 9.17) is 0 Å². The average molecular weight is 210 g/mol. The lowest BCUT2D eigenvalue weighted by molar-refractivity contribution is 0.0595. The van der Waals surface area contributed by atoms with Crippen molar-refractivity contribution in [2.45, 2.75) is 6.92 Å². The van der Waals surface area contributed by atoms with Gasteiger partial charge in [-0.15, -0.1) is 0 Å². The molecule has 15 heavy (non-hydrogen) atoms. The molecule has 0 spiro atoms. The number of ether oxygens (including phenoxy) is 1. The number of phenols is 2. The zero-order chi connectivity index (χ0) is 11.6. The van der Waals surface area contributed by atoms with Crippen molar-refractivity contribution in [3.8, 4) is 11.5 Å². The van der Waals surface area contributed by atoms with E-state index in [1.54, 1.807) is 0 Å². The second-order valence-corrected chi connectivity index (χ2v) is 2.94. The fourth-order valence-electron chi connectivity index (χ4n) is 1.26. The number of hydrogen-bond acceptors (Lipinski definition) is 5. The van der Waals surface area contributed by atoms with Crippen LogP contribution in [0, 0.1) is 6.92 Å². The number of hydrogen-bond donors (Lipinski definition) is 2. The van der Waals surface area contributed by atoms with E-state index in [9.17, 15) is 19.8 Å². The summed E-state index contributed by atoms with van der Waals surface area (Å²) in [6.07, 6.45) is 0.392. The van der Waals surface area contributed by atoms with Crippen LogP contribution in [0.5, 0.6) is 11.5 Å². The number of aromatic hydroxyl groups is 2. The number of esters is 1. The van der Waals surface area contributed by atoms with Gasteiger partial charge in [0.05, 0.1) is 12.7 Å². The van der Waals surface area contributed by atoms with E-state index in [0.29, 0.717) is 6.29 Å². The predicted molar refractivity (Wildman–Crippen MR) is 51.2 cm³/mol. The molecule has 0 radical (unpaired) electrons. The molecule has 1 rings (SSSR count). The van der Waals surface area contributed by atoms with Gasteiger partial charge in [0.2, 0.25) is 0 Å². The van der Waals surface area contributed by atoms with Gasteiger partial charge in [0.1, 0.15) is 17.1 Å². The van der Waals surface area contributed by atoms with Gasteiger partial charge >= 0.3 is 5.97 Å². The lowest BCUT2D eigenvalue weighted by Crippen LogP contribution is -2.05. The summed E-state index contributed by atoms with van der Waals surface area (Å²) in [6, 6.07) is 1.02. The van der Waals surface area contributed by atoms with Crippen molar-refractivity contribution in [3.05, 3.63) is 22.8 Å². The van der Waals surface area contributed by atoms with E-state index in [1.165, 1.54) is 6.92 Å². The molecule has 0 heterocycles. The monoisotopic (exact) mass is 210 g/mol. The molecule has 0 bridgehead atoms. The molecule has 0 aromatic heterocycles. The van der Waals surface area contributed by atoms with E-state index in [0.717, 1.165) is 13.2 Å². The third kappa shape index (κ3) is 1.76. The van der Waals surface area contributed by atoms with E-state index in [-0.39, 0.29) is 28.2 Å². The maximum Gasteiger partial charge on any atom is 0.342 e. The van der Waals surface area contributed by atoms with E-state index < -0.39 is 5.97 Å². The third-order valence-corrected chi connectivity index (χ3v) is 2.07. The fraction of sp³-hybridized carbons (Fsp3) is 0.200. The Kier molecular flexibility index (Phi) is 2.94. The molecular formula is C10H10O5. The van der Waals surface area contributed by atoms with Crippen molar-refractivity contribution in [1.29, 1.82) is 0 Å². The largest absolute Gasteiger partial charge is 0.507 e. The summed E-state index contributed by atoms with van der Waals surface area (Å²) in [5.74, 6) is -1.49. The Morgan fingerprint density at radius 2 is 2.07 bits per heavy atom. The first kappa shape index (κ1) is 11.0. The zero-order valence-electron chi connectivity index (χ0n) is 8.27. The SMILES string of the molecule is COC(=O)c1c(O)cc(C=O)c(O)c1C. The van der Waals surface area contributed by atoms with Gasteiger partial charge in [-0.05, 0) is 13.0 Å². The van der Waals surface area contributed by atoms with Crippen LogP contribution in [0.15, 0.2) is 6.07 Å². The van der Waals surface area contributed by atoms with Crippen LogP contribution in [0.25, 0.3) is 0 Å². The van der Waals surface area contributed by atoms with Gasteiger partial charge in [-0.2, -0.15) is 0 Å². The molecule has 0 aliphatic rings. The first-order chi connectivity index (χ1) is 7.02. The fourth-order valence-corrected chi connectivity index (χ4v) is 1.26. The van der Waals surface area contributed by atoms with Crippen molar-refractivity contribution in [2.75, 3.05) is 7.11 Å². The van der Waals surface area contributed by atoms with Crippen molar-refractivity contribution >= 4 is 12.3 Å². The second kappa shape index (κ2) is 4.00. The molecule has 5 nitrogen and oxygen atoms in total. The van der Waals surface area contributed by atoms with Crippen LogP contribution in [0.2, 0.25) is 0 Å². The van der Waals surface area contributed by atoms with Crippen molar-refractivity contribution < 1.29 is 24.5 Å². The molecule has 1 aromatic rings. The molecule has 0 atom stereocenters. The Morgan fingerprint density at radius 1 is 1.47 bits per heavy atom. The van der Waals surface area contributed by atoms with Gasteiger partial charge in [-0.1, -0.05) is 0 Å². The van der Waals surface area contributed by atoms with Gasteiger partial charge in [-0.25, -0.2) is 4.79 Å². The van der Waals surface area contributed by atoms with Crippen LogP contribution in [-0.4, -0.2) is 29.6 Å². The average Bonchev–Trinajstić information content (AvgIpc) is 2.23. The number of aldehydes is 1. The van der Waals surface area contributed by atoms with E-state index in [2.05, 4.69) is 4.74 Å². The zero-order valence-corrected chi connectivity index (χ0v) is 8.27. The molecule has 0 aliphatic heterocycles. The predicted octanol–water partition coefficient (Wildman–Crippen LogP) is 1.01. The number of phenolic OH excluding ortho intramolecular Hbond substituents is 2. The minimum atomic E-state index is -0.766. The van der Waals surface area contributed by atoms with Crippen LogP contribution in [0.4, 0.5) is 0 Å². The molecule has 0 unspecified atom stereocenters. The van der Waals surface area contributed by atoms with Crippen LogP contribution in [-0.2, 0) is 4.74 Å². The highest BCUT2D eigenvalue weighted by Crippen LogP contribution is 2.31.